The number of carbonyl (C=O) groups excluding carboxylic acids is 2. The average molecular weight is 361 g/mol. The predicted octanol–water partition coefficient (Wildman–Crippen LogP) is 2.13. The van der Waals surface area contributed by atoms with E-state index in [0.717, 1.165) is 10.8 Å². The summed E-state index contributed by atoms with van der Waals surface area (Å²) < 4.78 is 0. The van der Waals surface area contributed by atoms with Crippen molar-refractivity contribution in [1.29, 1.82) is 0 Å². The van der Waals surface area contributed by atoms with Gasteiger partial charge in [0.15, 0.2) is 0 Å². The molecule has 2 heterocycles. The molecule has 4 rings (SSSR count). The number of aromatic amines is 1. The van der Waals surface area contributed by atoms with Gasteiger partial charge in [0.2, 0.25) is 5.56 Å². The van der Waals surface area contributed by atoms with Crippen LogP contribution in [0.3, 0.4) is 0 Å². The number of pyridine rings is 1. The Hall–Kier alpha value is -3.41. The van der Waals surface area contributed by atoms with Crippen LogP contribution in [0, 0.1) is 0 Å². The van der Waals surface area contributed by atoms with Crippen LogP contribution in [0.15, 0.2) is 65.6 Å². The van der Waals surface area contributed by atoms with Crippen molar-refractivity contribution < 1.29 is 9.59 Å². The van der Waals surface area contributed by atoms with Gasteiger partial charge in [0.05, 0.1) is 5.56 Å². The summed E-state index contributed by atoms with van der Waals surface area (Å²) in [6.45, 7) is 1.91. The van der Waals surface area contributed by atoms with Crippen molar-refractivity contribution >= 4 is 22.6 Å². The molecule has 0 atom stereocenters. The lowest BCUT2D eigenvalue weighted by molar-refractivity contribution is 0.0535. The third kappa shape index (κ3) is 3.46. The van der Waals surface area contributed by atoms with Gasteiger partial charge in [0, 0.05) is 44.0 Å². The molecule has 0 radical (unpaired) electrons. The molecular weight excluding hydrogens is 342 g/mol. The van der Waals surface area contributed by atoms with Crippen molar-refractivity contribution in [2.45, 2.75) is 0 Å². The fraction of sp³-hybridized carbons (Fsp3) is 0.190. The van der Waals surface area contributed by atoms with Crippen LogP contribution in [-0.4, -0.2) is 52.8 Å². The number of fused-ring (bicyclic) bond motifs is 1. The van der Waals surface area contributed by atoms with E-state index in [1.54, 1.807) is 9.80 Å². The Labute approximate surface area is 156 Å². The first-order chi connectivity index (χ1) is 13.1. The second-order valence-corrected chi connectivity index (χ2v) is 6.59. The summed E-state index contributed by atoms with van der Waals surface area (Å²) in [5.74, 6) is -0.152. The molecule has 0 aliphatic carbocycles. The van der Waals surface area contributed by atoms with Crippen LogP contribution < -0.4 is 5.56 Å². The highest BCUT2D eigenvalue weighted by molar-refractivity contribution is 5.99. The Morgan fingerprint density at radius 1 is 0.741 bits per heavy atom. The Morgan fingerprint density at radius 2 is 1.33 bits per heavy atom. The summed E-state index contributed by atoms with van der Waals surface area (Å²) in [5, 5.41) is 2.14. The number of rotatable bonds is 2. The maximum atomic E-state index is 12.8. The van der Waals surface area contributed by atoms with Gasteiger partial charge in [-0.1, -0.05) is 30.3 Å². The van der Waals surface area contributed by atoms with Crippen LogP contribution in [0.4, 0.5) is 0 Å². The van der Waals surface area contributed by atoms with Crippen LogP contribution in [0.25, 0.3) is 10.8 Å². The first-order valence-electron chi connectivity index (χ1n) is 8.88. The molecule has 1 aliphatic heterocycles. The van der Waals surface area contributed by atoms with Gasteiger partial charge in [-0.2, -0.15) is 0 Å². The first kappa shape index (κ1) is 17.0. The minimum absolute atomic E-state index is 0.0168. The SMILES string of the molecule is O=C(c1ccc(=O)[nH]c1)N1CCN(C(=O)c2ccc3ccccc3c2)CC1. The number of piperazine rings is 1. The van der Waals surface area contributed by atoms with Gasteiger partial charge in [-0.05, 0) is 29.0 Å². The highest BCUT2D eigenvalue weighted by Crippen LogP contribution is 2.18. The molecule has 0 saturated carbocycles. The van der Waals surface area contributed by atoms with Crippen LogP contribution in [0.5, 0.6) is 0 Å². The highest BCUT2D eigenvalue weighted by Gasteiger charge is 2.25. The Bertz CT molecular complexity index is 1040. The van der Waals surface area contributed by atoms with Crippen molar-refractivity contribution in [3.8, 4) is 0 Å². The molecular formula is C21H19N3O3. The van der Waals surface area contributed by atoms with Crippen molar-refractivity contribution in [2.24, 2.45) is 0 Å². The van der Waals surface area contributed by atoms with Gasteiger partial charge in [-0.25, -0.2) is 0 Å². The summed E-state index contributed by atoms with van der Waals surface area (Å²) in [5.41, 5.74) is 0.871. The van der Waals surface area contributed by atoms with Gasteiger partial charge in [-0.15, -0.1) is 0 Å². The number of carbonyl (C=O) groups is 2. The Kier molecular flexibility index (Phi) is 4.46. The molecule has 0 spiro atoms. The average Bonchev–Trinajstić information content (AvgIpc) is 2.73. The largest absolute Gasteiger partial charge is 0.335 e. The smallest absolute Gasteiger partial charge is 0.255 e. The second kappa shape index (κ2) is 7.07. The zero-order valence-corrected chi connectivity index (χ0v) is 14.7. The lowest BCUT2D eigenvalue weighted by atomic mass is 10.1. The van der Waals surface area contributed by atoms with Gasteiger partial charge in [0.1, 0.15) is 0 Å². The monoisotopic (exact) mass is 361 g/mol. The standard InChI is InChI=1S/C21H19N3O3/c25-19-8-7-18(14-22-19)21(27)24-11-9-23(10-12-24)20(26)17-6-5-15-3-1-2-4-16(15)13-17/h1-8,13-14H,9-12H2,(H,22,25). The number of nitrogens with zero attached hydrogens (tertiary/aromatic N) is 2. The number of nitrogens with one attached hydrogen (secondary N) is 1. The van der Waals surface area contributed by atoms with E-state index >= 15 is 0 Å². The lowest BCUT2D eigenvalue weighted by Crippen LogP contribution is -2.50. The fourth-order valence-corrected chi connectivity index (χ4v) is 3.34. The maximum Gasteiger partial charge on any atom is 0.255 e. The zero-order chi connectivity index (χ0) is 18.8. The molecule has 1 aromatic heterocycles. The maximum absolute atomic E-state index is 12.8. The molecule has 1 N–H and O–H groups in total. The fourth-order valence-electron chi connectivity index (χ4n) is 3.34. The molecule has 1 aliphatic rings. The van der Waals surface area contributed by atoms with E-state index in [4.69, 9.17) is 0 Å². The molecule has 2 amide bonds. The highest BCUT2D eigenvalue weighted by atomic mass is 16.2. The van der Waals surface area contributed by atoms with Crippen molar-refractivity contribution in [3.63, 3.8) is 0 Å². The molecule has 0 unspecified atom stereocenters. The normalized spacial score (nSPS) is 14.4. The number of benzene rings is 2. The van der Waals surface area contributed by atoms with Crippen molar-refractivity contribution in [3.05, 3.63) is 82.3 Å². The number of hydrogen-bond donors (Lipinski definition) is 1. The number of amides is 2. The summed E-state index contributed by atoms with van der Waals surface area (Å²) in [4.78, 5) is 42.4. The van der Waals surface area contributed by atoms with Crippen LogP contribution in [0.2, 0.25) is 0 Å². The quantitative estimate of drug-likeness (QED) is 0.760. The van der Waals surface area contributed by atoms with Crippen LogP contribution >= 0.6 is 0 Å². The molecule has 3 aromatic rings. The van der Waals surface area contributed by atoms with Crippen LogP contribution in [0.1, 0.15) is 20.7 Å². The number of hydrogen-bond acceptors (Lipinski definition) is 3. The predicted molar refractivity (Wildman–Crippen MR) is 103 cm³/mol. The number of aromatic nitrogens is 1. The minimum atomic E-state index is -0.239. The van der Waals surface area contributed by atoms with Gasteiger partial charge >= 0.3 is 0 Å². The van der Waals surface area contributed by atoms with E-state index in [1.165, 1.54) is 18.3 Å². The summed E-state index contributed by atoms with van der Waals surface area (Å²) in [6.07, 6.45) is 1.43. The summed E-state index contributed by atoms with van der Waals surface area (Å²) in [7, 11) is 0. The molecule has 6 nitrogen and oxygen atoms in total. The molecule has 136 valence electrons. The second-order valence-electron chi connectivity index (χ2n) is 6.59. The molecule has 1 saturated heterocycles. The first-order valence-corrected chi connectivity index (χ1v) is 8.88. The summed E-state index contributed by atoms with van der Waals surface area (Å²) in [6, 6.07) is 16.5. The van der Waals surface area contributed by atoms with E-state index in [9.17, 15) is 14.4 Å². The molecule has 0 bridgehead atoms. The Morgan fingerprint density at radius 3 is 1.96 bits per heavy atom. The van der Waals surface area contributed by atoms with E-state index in [-0.39, 0.29) is 17.4 Å². The molecule has 2 aromatic carbocycles. The van der Waals surface area contributed by atoms with Gasteiger partial charge < -0.3 is 14.8 Å². The number of H-pyrrole nitrogens is 1. The van der Waals surface area contributed by atoms with E-state index in [2.05, 4.69) is 4.98 Å². The van der Waals surface area contributed by atoms with E-state index < -0.39 is 0 Å². The summed E-state index contributed by atoms with van der Waals surface area (Å²) >= 11 is 0. The molecule has 1 fully saturated rings. The minimum Gasteiger partial charge on any atom is -0.335 e. The lowest BCUT2D eigenvalue weighted by Gasteiger charge is -2.34. The van der Waals surface area contributed by atoms with Gasteiger partial charge in [-0.3, -0.25) is 14.4 Å². The van der Waals surface area contributed by atoms with Crippen molar-refractivity contribution in [1.82, 2.24) is 14.8 Å². The molecule has 27 heavy (non-hydrogen) atoms. The van der Waals surface area contributed by atoms with Crippen LogP contribution in [-0.2, 0) is 0 Å². The third-order valence-corrected chi connectivity index (χ3v) is 4.88. The van der Waals surface area contributed by atoms with Gasteiger partial charge in [0.25, 0.3) is 11.8 Å². The zero-order valence-electron chi connectivity index (χ0n) is 14.7. The topological polar surface area (TPSA) is 73.5 Å². The Balaban J connectivity index is 1.43. The van der Waals surface area contributed by atoms with Crippen molar-refractivity contribution in [2.75, 3.05) is 26.2 Å². The van der Waals surface area contributed by atoms with E-state index in [0.29, 0.717) is 37.3 Å². The molecule has 6 heteroatoms. The third-order valence-electron chi connectivity index (χ3n) is 4.88. The van der Waals surface area contributed by atoms with E-state index in [1.807, 2.05) is 42.5 Å².